The van der Waals surface area contributed by atoms with Crippen LogP contribution in [-0.2, 0) is 7.05 Å². The molecule has 0 aliphatic heterocycles. The maximum atomic E-state index is 11.0. The van der Waals surface area contributed by atoms with Crippen LogP contribution in [0.3, 0.4) is 0 Å². The summed E-state index contributed by atoms with van der Waals surface area (Å²) in [6.07, 6.45) is 3.61. The molecule has 3 rings (SSSR count). The average molecular weight is 272 g/mol. The minimum atomic E-state index is -1.11. The minimum absolute atomic E-state index is 0.110. The quantitative estimate of drug-likeness (QED) is 0.792. The first kappa shape index (κ1) is 12.3. The summed E-state index contributed by atoms with van der Waals surface area (Å²) in [5.74, 6) is -0.721. The van der Waals surface area contributed by atoms with E-state index in [9.17, 15) is 4.79 Å². The summed E-state index contributed by atoms with van der Waals surface area (Å²) >= 11 is 0. The van der Waals surface area contributed by atoms with Gasteiger partial charge in [0, 0.05) is 24.2 Å². The Hall–Kier alpha value is -2.76. The van der Waals surface area contributed by atoms with Crippen molar-refractivity contribution in [2.45, 2.75) is 0 Å². The lowest BCUT2D eigenvalue weighted by molar-refractivity contribution is 0.0665. The number of benzene rings is 1. The van der Waals surface area contributed by atoms with Crippen molar-refractivity contribution in [3.63, 3.8) is 0 Å². The third-order valence-corrected chi connectivity index (χ3v) is 3.05. The van der Waals surface area contributed by atoms with E-state index in [0.29, 0.717) is 16.7 Å². The molecule has 102 valence electrons. The second-order valence-corrected chi connectivity index (χ2v) is 4.42. The van der Waals surface area contributed by atoms with E-state index in [1.165, 1.54) is 13.2 Å². The molecule has 1 aromatic carbocycles. The first-order valence-electron chi connectivity index (χ1n) is 5.92. The van der Waals surface area contributed by atoms with Gasteiger partial charge in [-0.25, -0.2) is 4.79 Å². The molecule has 0 amide bonds. The zero-order chi connectivity index (χ0) is 14.3. The van der Waals surface area contributed by atoms with E-state index in [2.05, 4.69) is 5.10 Å². The lowest BCUT2D eigenvalue weighted by atomic mass is 10.1. The summed E-state index contributed by atoms with van der Waals surface area (Å²) < 4.78 is 12.3. The molecule has 0 unspecified atom stereocenters. The van der Waals surface area contributed by atoms with Crippen LogP contribution in [-0.4, -0.2) is 28.0 Å². The number of carboxylic acid groups (broad SMARTS) is 1. The molecule has 6 nitrogen and oxygen atoms in total. The van der Waals surface area contributed by atoms with Gasteiger partial charge < -0.3 is 14.3 Å². The van der Waals surface area contributed by atoms with E-state index in [0.717, 1.165) is 11.1 Å². The van der Waals surface area contributed by atoms with Crippen LogP contribution in [0.25, 0.3) is 22.1 Å². The molecule has 0 atom stereocenters. The van der Waals surface area contributed by atoms with Crippen molar-refractivity contribution < 1.29 is 19.1 Å². The fourth-order valence-electron chi connectivity index (χ4n) is 2.11. The van der Waals surface area contributed by atoms with E-state index in [1.54, 1.807) is 16.9 Å². The number of hydrogen-bond acceptors (Lipinski definition) is 4. The average Bonchev–Trinajstić information content (AvgIpc) is 3.03. The number of aromatic carboxylic acids is 1. The number of carbonyl (C=O) groups is 1. The molecule has 0 fully saturated rings. The summed E-state index contributed by atoms with van der Waals surface area (Å²) in [5.41, 5.74) is 2.24. The fourth-order valence-corrected chi connectivity index (χ4v) is 2.11. The smallest absolute Gasteiger partial charge is 0.371 e. The highest BCUT2D eigenvalue weighted by atomic mass is 16.5. The van der Waals surface area contributed by atoms with Crippen LogP contribution >= 0.6 is 0 Å². The molecule has 6 heteroatoms. The van der Waals surface area contributed by atoms with Crippen molar-refractivity contribution in [1.82, 2.24) is 9.78 Å². The van der Waals surface area contributed by atoms with Gasteiger partial charge in [0.1, 0.15) is 0 Å². The van der Waals surface area contributed by atoms with Gasteiger partial charge in [-0.3, -0.25) is 4.68 Å². The van der Waals surface area contributed by atoms with Gasteiger partial charge >= 0.3 is 5.97 Å². The number of hydrogen-bond donors (Lipinski definition) is 1. The Balaban J connectivity index is 2.23. The first-order valence-corrected chi connectivity index (χ1v) is 5.92. The summed E-state index contributed by atoms with van der Waals surface area (Å²) in [6.45, 7) is 0. The van der Waals surface area contributed by atoms with Crippen molar-refractivity contribution in [1.29, 1.82) is 0 Å². The number of aryl methyl sites for hydroxylation is 1. The molecular weight excluding hydrogens is 260 g/mol. The zero-order valence-corrected chi connectivity index (χ0v) is 11.0. The third kappa shape index (κ3) is 1.91. The number of ether oxygens (including phenoxy) is 1. The van der Waals surface area contributed by atoms with E-state index in [-0.39, 0.29) is 5.76 Å². The third-order valence-electron chi connectivity index (χ3n) is 3.05. The molecule has 0 saturated heterocycles. The predicted molar refractivity (Wildman–Crippen MR) is 71.9 cm³/mol. The van der Waals surface area contributed by atoms with Crippen molar-refractivity contribution in [3.05, 3.63) is 36.4 Å². The highest BCUT2D eigenvalue weighted by molar-refractivity contribution is 5.95. The Morgan fingerprint density at radius 1 is 1.35 bits per heavy atom. The van der Waals surface area contributed by atoms with Crippen LogP contribution in [0.15, 0.2) is 35.0 Å². The Kier molecular flexibility index (Phi) is 2.71. The second-order valence-electron chi connectivity index (χ2n) is 4.42. The van der Waals surface area contributed by atoms with Gasteiger partial charge in [-0.1, -0.05) is 0 Å². The molecule has 2 heterocycles. The first-order chi connectivity index (χ1) is 9.58. The lowest BCUT2D eigenvalue weighted by Gasteiger charge is -2.03. The van der Waals surface area contributed by atoms with Gasteiger partial charge in [0.2, 0.25) is 5.76 Å². The topological polar surface area (TPSA) is 77.5 Å². The largest absolute Gasteiger partial charge is 0.493 e. The Labute approximate surface area is 114 Å². The SMILES string of the molecule is COc1cc(-c2cnn(C)c2)cc2cc(C(=O)O)oc12. The normalized spacial score (nSPS) is 10.9. The molecule has 0 radical (unpaired) electrons. The summed E-state index contributed by atoms with van der Waals surface area (Å²) in [6, 6.07) is 5.14. The van der Waals surface area contributed by atoms with Crippen molar-refractivity contribution in [3.8, 4) is 16.9 Å². The van der Waals surface area contributed by atoms with Gasteiger partial charge in [0.15, 0.2) is 11.3 Å². The molecule has 0 spiro atoms. The second kappa shape index (κ2) is 4.41. The molecule has 3 aromatic rings. The zero-order valence-electron chi connectivity index (χ0n) is 11.0. The highest BCUT2D eigenvalue weighted by Crippen LogP contribution is 2.34. The van der Waals surface area contributed by atoms with E-state index in [4.69, 9.17) is 14.3 Å². The van der Waals surface area contributed by atoms with Gasteiger partial charge in [0.25, 0.3) is 0 Å². The molecule has 0 aliphatic carbocycles. The predicted octanol–water partition coefficient (Wildman–Crippen LogP) is 2.54. The number of aromatic nitrogens is 2. The summed E-state index contributed by atoms with van der Waals surface area (Å²) in [5, 5.41) is 13.8. The van der Waals surface area contributed by atoms with Gasteiger partial charge in [0.05, 0.1) is 13.3 Å². The van der Waals surface area contributed by atoms with E-state index < -0.39 is 5.97 Å². The number of rotatable bonds is 3. The number of methoxy groups -OCH3 is 1. The fraction of sp³-hybridized carbons (Fsp3) is 0.143. The van der Waals surface area contributed by atoms with Crippen LogP contribution < -0.4 is 4.74 Å². The minimum Gasteiger partial charge on any atom is -0.493 e. The number of fused-ring (bicyclic) bond motifs is 1. The van der Waals surface area contributed by atoms with Crippen LogP contribution in [0.5, 0.6) is 5.75 Å². The molecule has 0 bridgehead atoms. The standard InChI is InChI=1S/C14H12N2O4/c1-16-7-10(6-15-16)8-3-9-5-12(14(17)18)20-13(9)11(4-8)19-2/h3-7H,1-2H3,(H,17,18). The molecule has 0 saturated carbocycles. The van der Waals surface area contributed by atoms with Crippen molar-refractivity contribution >= 4 is 16.9 Å². The van der Waals surface area contributed by atoms with Crippen molar-refractivity contribution in [2.75, 3.05) is 7.11 Å². The van der Waals surface area contributed by atoms with Crippen molar-refractivity contribution in [2.24, 2.45) is 7.05 Å². The summed E-state index contributed by atoms with van der Waals surface area (Å²) in [7, 11) is 3.35. The number of nitrogens with zero attached hydrogens (tertiary/aromatic N) is 2. The molecule has 0 aliphatic rings. The number of furan rings is 1. The molecular formula is C14H12N2O4. The molecule has 2 aromatic heterocycles. The Bertz CT molecular complexity index is 801. The van der Waals surface area contributed by atoms with Gasteiger partial charge in [-0.2, -0.15) is 5.10 Å². The monoisotopic (exact) mass is 272 g/mol. The Morgan fingerprint density at radius 3 is 2.75 bits per heavy atom. The summed E-state index contributed by atoms with van der Waals surface area (Å²) in [4.78, 5) is 11.0. The number of carboxylic acids is 1. The highest BCUT2D eigenvalue weighted by Gasteiger charge is 2.16. The van der Waals surface area contributed by atoms with Gasteiger partial charge in [-0.05, 0) is 23.8 Å². The maximum absolute atomic E-state index is 11.0. The van der Waals surface area contributed by atoms with Crippen LogP contribution in [0.4, 0.5) is 0 Å². The lowest BCUT2D eigenvalue weighted by Crippen LogP contribution is -1.91. The maximum Gasteiger partial charge on any atom is 0.371 e. The van der Waals surface area contributed by atoms with Crippen LogP contribution in [0.1, 0.15) is 10.6 Å². The molecule has 1 N–H and O–H groups in total. The van der Waals surface area contributed by atoms with Gasteiger partial charge in [-0.15, -0.1) is 0 Å². The van der Waals surface area contributed by atoms with Crippen LogP contribution in [0, 0.1) is 0 Å². The van der Waals surface area contributed by atoms with E-state index >= 15 is 0 Å². The Morgan fingerprint density at radius 2 is 2.15 bits per heavy atom. The van der Waals surface area contributed by atoms with E-state index in [1.807, 2.05) is 19.3 Å². The van der Waals surface area contributed by atoms with Crippen LogP contribution in [0.2, 0.25) is 0 Å². The molecule has 20 heavy (non-hydrogen) atoms.